The normalized spacial score (nSPS) is 19.0. The predicted octanol–water partition coefficient (Wildman–Crippen LogP) is 4.84. The zero-order valence-electron chi connectivity index (χ0n) is 20.2. The lowest BCUT2D eigenvalue weighted by atomic mass is 10.0. The molecule has 0 aromatic heterocycles. The maximum atomic E-state index is 14.1. The second kappa shape index (κ2) is 8.57. The smallest absolute Gasteiger partial charge is 0.269 e. The lowest BCUT2D eigenvalue weighted by molar-refractivity contribution is -0.124. The van der Waals surface area contributed by atoms with Gasteiger partial charge in [-0.3, -0.25) is 24.2 Å². The number of anilines is 3. The van der Waals surface area contributed by atoms with Crippen LogP contribution in [0.2, 0.25) is 0 Å². The Labute approximate surface area is 209 Å². The summed E-state index contributed by atoms with van der Waals surface area (Å²) in [6.45, 7) is 7.72. The number of carbonyl (C=O) groups excluding carboxylic acids is 3. The number of hydrogen-bond donors (Lipinski definition) is 1. The minimum absolute atomic E-state index is 0.121. The van der Waals surface area contributed by atoms with Gasteiger partial charge in [0.2, 0.25) is 16.7 Å². The highest BCUT2D eigenvalue weighted by Crippen LogP contribution is 2.55. The van der Waals surface area contributed by atoms with E-state index in [1.165, 1.54) is 16.7 Å². The van der Waals surface area contributed by atoms with Crippen LogP contribution in [0.3, 0.4) is 0 Å². The average molecular weight is 486 g/mol. The number of thioether (sulfide) groups is 1. The van der Waals surface area contributed by atoms with Gasteiger partial charge in [0.25, 0.3) is 5.91 Å². The first kappa shape index (κ1) is 23.2. The van der Waals surface area contributed by atoms with Crippen molar-refractivity contribution in [3.63, 3.8) is 0 Å². The van der Waals surface area contributed by atoms with Crippen LogP contribution in [0.25, 0.3) is 0 Å². The van der Waals surface area contributed by atoms with Crippen molar-refractivity contribution in [2.75, 3.05) is 27.4 Å². The summed E-state index contributed by atoms with van der Waals surface area (Å²) in [6.07, 6.45) is 0. The first-order valence-electron chi connectivity index (χ1n) is 11.5. The third-order valence-corrected chi connectivity index (χ3v) is 7.88. The van der Waals surface area contributed by atoms with Crippen molar-refractivity contribution >= 4 is 46.5 Å². The fourth-order valence-corrected chi connectivity index (χ4v) is 6.36. The van der Waals surface area contributed by atoms with Crippen molar-refractivity contribution in [1.29, 1.82) is 0 Å². The molecule has 178 valence electrons. The van der Waals surface area contributed by atoms with Crippen LogP contribution in [0.5, 0.6) is 0 Å². The highest BCUT2D eigenvalue weighted by molar-refractivity contribution is 8.02. The van der Waals surface area contributed by atoms with Gasteiger partial charge in [-0.15, -0.1) is 11.8 Å². The molecule has 1 fully saturated rings. The van der Waals surface area contributed by atoms with Gasteiger partial charge >= 0.3 is 0 Å². The Morgan fingerprint density at radius 2 is 1.66 bits per heavy atom. The summed E-state index contributed by atoms with van der Waals surface area (Å²) in [5, 5.41) is 2.95. The monoisotopic (exact) mass is 485 g/mol. The number of amides is 3. The molecule has 1 N–H and O–H groups in total. The van der Waals surface area contributed by atoms with Gasteiger partial charge in [0.1, 0.15) is 6.54 Å². The second-order valence-corrected chi connectivity index (χ2v) is 10.5. The molecule has 1 spiro atoms. The molecule has 3 amide bonds. The van der Waals surface area contributed by atoms with Crippen LogP contribution in [-0.2, 0) is 19.3 Å². The molecule has 2 aliphatic heterocycles. The third-order valence-electron chi connectivity index (χ3n) is 6.50. The molecule has 2 heterocycles. The zero-order chi connectivity index (χ0) is 24.9. The number of benzene rings is 3. The molecule has 0 aliphatic carbocycles. The number of aryl methyl sites for hydroxylation is 4. The number of rotatable bonds is 4. The molecule has 1 saturated heterocycles. The van der Waals surface area contributed by atoms with Gasteiger partial charge in [-0.05, 0) is 74.2 Å². The van der Waals surface area contributed by atoms with E-state index in [1.807, 2.05) is 88.4 Å². The number of nitrogens with one attached hydrogen (secondary N) is 1. The molecular weight excluding hydrogens is 458 g/mol. The molecule has 3 aromatic carbocycles. The van der Waals surface area contributed by atoms with E-state index in [1.54, 1.807) is 4.90 Å². The molecule has 0 bridgehead atoms. The lowest BCUT2D eigenvalue weighted by Gasteiger charge is -2.33. The molecule has 2 aliphatic rings. The van der Waals surface area contributed by atoms with Crippen molar-refractivity contribution in [3.8, 4) is 0 Å². The molecule has 6 nitrogen and oxygen atoms in total. The summed E-state index contributed by atoms with van der Waals surface area (Å²) in [7, 11) is 0. The molecular formula is C28H27N3O3S. The molecule has 3 aromatic rings. The van der Waals surface area contributed by atoms with Gasteiger partial charge in [-0.2, -0.15) is 0 Å². The van der Waals surface area contributed by atoms with E-state index in [2.05, 4.69) is 5.32 Å². The summed E-state index contributed by atoms with van der Waals surface area (Å²) in [4.78, 5) is 42.3. The Hall–Kier alpha value is -3.58. The van der Waals surface area contributed by atoms with Gasteiger partial charge in [0.15, 0.2) is 0 Å². The summed E-state index contributed by atoms with van der Waals surface area (Å²) in [5.41, 5.74) is 6.84. The van der Waals surface area contributed by atoms with Gasteiger partial charge in [0, 0.05) is 16.9 Å². The van der Waals surface area contributed by atoms with E-state index < -0.39 is 4.87 Å². The average Bonchev–Trinajstić information content (AvgIpc) is 3.27. The summed E-state index contributed by atoms with van der Waals surface area (Å²) in [5.74, 6) is -0.490. The van der Waals surface area contributed by atoms with Crippen LogP contribution < -0.4 is 15.1 Å². The highest BCUT2D eigenvalue weighted by Gasteiger charge is 2.61. The van der Waals surface area contributed by atoms with Crippen LogP contribution in [0, 0.1) is 27.7 Å². The fourth-order valence-electron chi connectivity index (χ4n) is 5.00. The fraction of sp³-hybridized carbons (Fsp3) is 0.250. The topological polar surface area (TPSA) is 69.7 Å². The van der Waals surface area contributed by atoms with Crippen molar-refractivity contribution in [3.05, 3.63) is 88.5 Å². The van der Waals surface area contributed by atoms with Crippen molar-refractivity contribution in [2.24, 2.45) is 0 Å². The number of hydrogen-bond acceptors (Lipinski definition) is 4. The van der Waals surface area contributed by atoms with Gasteiger partial charge in [-0.25, -0.2) is 0 Å². The standard InChI is InChI=1S/C28H27N3O3S/c1-17-9-10-20(4)23(14-17)29-25(32)15-30-24-8-6-5-7-22(24)28(27(30)34)31(26(33)16-35-28)21-12-18(2)11-19(3)13-21/h5-14H,15-16H2,1-4H3,(H,29,32)/t28-/m1/s1. The maximum Gasteiger partial charge on any atom is 0.269 e. The summed E-state index contributed by atoms with van der Waals surface area (Å²) >= 11 is 1.32. The van der Waals surface area contributed by atoms with E-state index in [9.17, 15) is 14.4 Å². The molecule has 0 radical (unpaired) electrons. The highest BCUT2D eigenvalue weighted by atomic mass is 32.2. The Morgan fingerprint density at radius 3 is 2.40 bits per heavy atom. The molecule has 1 atom stereocenters. The molecule has 0 saturated carbocycles. The minimum atomic E-state index is -1.23. The third kappa shape index (κ3) is 3.80. The van der Waals surface area contributed by atoms with E-state index in [-0.39, 0.29) is 30.0 Å². The SMILES string of the molecule is Cc1cc(C)cc(N2C(=O)CS[C@]23C(=O)N(CC(=O)Nc2cc(C)ccc2C)c2ccccc23)c1. The maximum absolute atomic E-state index is 14.1. The van der Waals surface area contributed by atoms with E-state index in [4.69, 9.17) is 0 Å². The first-order valence-corrected chi connectivity index (χ1v) is 12.5. The first-order chi connectivity index (χ1) is 16.7. The lowest BCUT2D eigenvalue weighted by Crippen LogP contribution is -2.51. The van der Waals surface area contributed by atoms with Crippen LogP contribution in [0.4, 0.5) is 17.1 Å². The van der Waals surface area contributed by atoms with Crippen LogP contribution in [0.1, 0.15) is 27.8 Å². The van der Waals surface area contributed by atoms with Crippen LogP contribution in [0.15, 0.2) is 60.7 Å². The minimum Gasteiger partial charge on any atom is -0.324 e. The number of carbonyl (C=O) groups is 3. The van der Waals surface area contributed by atoms with E-state index >= 15 is 0 Å². The summed E-state index contributed by atoms with van der Waals surface area (Å²) in [6, 6.07) is 19.2. The van der Waals surface area contributed by atoms with Crippen LogP contribution >= 0.6 is 11.8 Å². The molecule has 7 heteroatoms. The van der Waals surface area contributed by atoms with E-state index in [0.29, 0.717) is 11.4 Å². The van der Waals surface area contributed by atoms with Crippen molar-refractivity contribution in [1.82, 2.24) is 0 Å². The van der Waals surface area contributed by atoms with Gasteiger partial charge in [-0.1, -0.05) is 36.4 Å². The largest absolute Gasteiger partial charge is 0.324 e. The van der Waals surface area contributed by atoms with E-state index in [0.717, 1.165) is 33.5 Å². The Morgan fingerprint density at radius 1 is 0.943 bits per heavy atom. The second-order valence-electron chi connectivity index (χ2n) is 9.28. The Balaban J connectivity index is 1.53. The van der Waals surface area contributed by atoms with Crippen LogP contribution in [-0.4, -0.2) is 30.0 Å². The Kier molecular flexibility index (Phi) is 5.68. The Bertz CT molecular complexity index is 1370. The van der Waals surface area contributed by atoms with Crippen molar-refractivity contribution in [2.45, 2.75) is 32.6 Å². The molecule has 35 heavy (non-hydrogen) atoms. The summed E-state index contributed by atoms with van der Waals surface area (Å²) < 4.78 is 0. The number of nitrogens with zero attached hydrogens (tertiary/aromatic N) is 2. The van der Waals surface area contributed by atoms with Crippen molar-refractivity contribution < 1.29 is 14.4 Å². The number of fused-ring (bicyclic) bond motifs is 2. The molecule has 0 unspecified atom stereocenters. The number of para-hydroxylation sites is 1. The predicted molar refractivity (Wildman–Crippen MR) is 141 cm³/mol. The van der Waals surface area contributed by atoms with Gasteiger partial charge in [0.05, 0.1) is 11.4 Å². The zero-order valence-corrected chi connectivity index (χ0v) is 21.0. The molecule has 5 rings (SSSR count). The van der Waals surface area contributed by atoms with Gasteiger partial charge < -0.3 is 5.32 Å². The quantitative estimate of drug-likeness (QED) is 0.574.